The second kappa shape index (κ2) is 9.75. The molecule has 1 rings (SSSR count). The van der Waals surface area contributed by atoms with Crippen LogP contribution in [0.15, 0.2) is 0 Å². The van der Waals surface area contributed by atoms with Crippen molar-refractivity contribution < 1.29 is 19.1 Å². The van der Waals surface area contributed by atoms with E-state index in [1.807, 2.05) is 39.8 Å². The number of nitrogens with one attached hydrogen (secondary N) is 1. The van der Waals surface area contributed by atoms with Gasteiger partial charge in [0, 0.05) is 26.6 Å². The van der Waals surface area contributed by atoms with Gasteiger partial charge >= 0.3 is 6.09 Å². The van der Waals surface area contributed by atoms with Crippen LogP contribution in [0.2, 0.25) is 0 Å². The van der Waals surface area contributed by atoms with Crippen molar-refractivity contribution >= 4 is 17.9 Å². The van der Waals surface area contributed by atoms with Crippen LogP contribution in [0.4, 0.5) is 4.79 Å². The van der Waals surface area contributed by atoms with Crippen molar-refractivity contribution in [3.8, 4) is 0 Å². The van der Waals surface area contributed by atoms with Gasteiger partial charge in [-0.25, -0.2) is 4.79 Å². The van der Waals surface area contributed by atoms with Crippen molar-refractivity contribution in [3.05, 3.63) is 0 Å². The van der Waals surface area contributed by atoms with E-state index >= 15 is 0 Å². The summed E-state index contributed by atoms with van der Waals surface area (Å²) in [5, 5.41) is 2.79. The summed E-state index contributed by atoms with van der Waals surface area (Å²) >= 11 is 0. The molecule has 3 amide bonds. The summed E-state index contributed by atoms with van der Waals surface area (Å²) in [6.45, 7) is 7.35. The van der Waals surface area contributed by atoms with Crippen molar-refractivity contribution in [2.75, 3.05) is 47.3 Å². The average molecular weight is 370 g/mol. The maximum atomic E-state index is 12.4. The molecule has 8 nitrogen and oxygen atoms in total. The number of carbonyl (C=O) groups excluding carboxylic acids is 3. The van der Waals surface area contributed by atoms with Gasteiger partial charge < -0.3 is 24.8 Å². The van der Waals surface area contributed by atoms with E-state index in [0.717, 1.165) is 13.0 Å². The monoisotopic (exact) mass is 370 g/mol. The predicted octanol–water partition coefficient (Wildman–Crippen LogP) is 0.912. The molecular formula is C18H34N4O4. The van der Waals surface area contributed by atoms with E-state index in [0.29, 0.717) is 25.9 Å². The van der Waals surface area contributed by atoms with Crippen LogP contribution in [-0.4, -0.2) is 91.6 Å². The van der Waals surface area contributed by atoms with Crippen molar-refractivity contribution in [2.45, 2.75) is 51.7 Å². The van der Waals surface area contributed by atoms with E-state index in [2.05, 4.69) is 5.32 Å². The molecule has 1 unspecified atom stereocenters. The van der Waals surface area contributed by atoms with Crippen LogP contribution in [-0.2, 0) is 14.3 Å². The van der Waals surface area contributed by atoms with Crippen molar-refractivity contribution in [3.63, 3.8) is 0 Å². The highest BCUT2D eigenvalue weighted by Gasteiger charge is 2.29. The van der Waals surface area contributed by atoms with E-state index in [-0.39, 0.29) is 24.4 Å². The maximum absolute atomic E-state index is 12.4. The van der Waals surface area contributed by atoms with Crippen molar-refractivity contribution in [2.24, 2.45) is 0 Å². The number of hydrogen-bond donors (Lipinski definition) is 1. The lowest BCUT2D eigenvalue weighted by molar-refractivity contribution is -0.138. The molecule has 26 heavy (non-hydrogen) atoms. The Bertz CT molecular complexity index is 502. The fourth-order valence-corrected chi connectivity index (χ4v) is 2.71. The number of ether oxygens (including phenoxy) is 1. The van der Waals surface area contributed by atoms with Gasteiger partial charge in [0.1, 0.15) is 5.60 Å². The normalized spacial score (nSPS) is 17.3. The molecule has 0 aromatic heterocycles. The second-order valence-electron chi connectivity index (χ2n) is 8.13. The van der Waals surface area contributed by atoms with E-state index in [1.165, 1.54) is 4.90 Å². The molecule has 0 saturated carbocycles. The molecule has 8 heteroatoms. The standard InChI is InChI=1S/C18H34N4O4/c1-18(2,3)26-17(25)19-14-9-11-22(12-14)16(24)13-21(6)15(23)8-7-10-20(4)5/h14H,7-13H2,1-6H3,(H,19,25). The molecular weight excluding hydrogens is 336 g/mol. The lowest BCUT2D eigenvalue weighted by Gasteiger charge is -2.23. The average Bonchev–Trinajstić information content (AvgIpc) is 2.92. The SMILES string of the molecule is CN(C)CCCC(=O)N(C)CC(=O)N1CCC(NC(=O)OC(C)(C)C)C1. The van der Waals surface area contributed by atoms with Crippen LogP contribution in [0.25, 0.3) is 0 Å². The number of hydrogen-bond acceptors (Lipinski definition) is 5. The summed E-state index contributed by atoms with van der Waals surface area (Å²) in [6, 6.07) is -0.116. The number of likely N-dealkylation sites (N-methyl/N-ethyl adjacent to an activating group) is 1. The van der Waals surface area contributed by atoms with Gasteiger partial charge in [0.05, 0.1) is 12.6 Å². The zero-order chi connectivity index (χ0) is 19.9. The predicted molar refractivity (Wildman–Crippen MR) is 99.8 cm³/mol. The molecule has 150 valence electrons. The number of alkyl carbamates (subject to hydrolysis) is 1. The molecule has 1 saturated heterocycles. The van der Waals surface area contributed by atoms with Gasteiger partial charge in [-0.3, -0.25) is 9.59 Å². The Hall–Kier alpha value is -1.83. The topological polar surface area (TPSA) is 82.2 Å². The Morgan fingerprint density at radius 2 is 1.85 bits per heavy atom. The molecule has 0 aromatic carbocycles. The third-order valence-electron chi connectivity index (χ3n) is 4.06. The molecule has 0 radical (unpaired) electrons. The maximum Gasteiger partial charge on any atom is 0.407 e. The highest BCUT2D eigenvalue weighted by Crippen LogP contribution is 2.12. The van der Waals surface area contributed by atoms with Gasteiger partial charge in [0.25, 0.3) is 0 Å². The minimum Gasteiger partial charge on any atom is -0.444 e. The molecule has 1 N–H and O–H groups in total. The first-order valence-electron chi connectivity index (χ1n) is 9.14. The first-order valence-corrected chi connectivity index (χ1v) is 9.14. The van der Waals surface area contributed by atoms with Crippen LogP contribution < -0.4 is 5.32 Å². The minimum atomic E-state index is -0.548. The fourth-order valence-electron chi connectivity index (χ4n) is 2.71. The van der Waals surface area contributed by atoms with Crippen LogP contribution in [0.5, 0.6) is 0 Å². The van der Waals surface area contributed by atoms with Crippen LogP contribution in [0, 0.1) is 0 Å². The Morgan fingerprint density at radius 3 is 2.42 bits per heavy atom. The number of amides is 3. The summed E-state index contributed by atoms with van der Waals surface area (Å²) in [5.41, 5.74) is -0.548. The van der Waals surface area contributed by atoms with Crippen LogP contribution >= 0.6 is 0 Å². The molecule has 1 aliphatic heterocycles. The van der Waals surface area contributed by atoms with Crippen molar-refractivity contribution in [1.29, 1.82) is 0 Å². The number of rotatable bonds is 7. The number of nitrogens with zero attached hydrogens (tertiary/aromatic N) is 3. The van der Waals surface area contributed by atoms with Crippen LogP contribution in [0.3, 0.4) is 0 Å². The zero-order valence-electron chi connectivity index (χ0n) is 17.0. The van der Waals surface area contributed by atoms with Crippen molar-refractivity contribution in [1.82, 2.24) is 20.0 Å². The first kappa shape index (κ1) is 22.2. The summed E-state index contributed by atoms with van der Waals surface area (Å²) in [5.74, 6) is -0.121. The highest BCUT2D eigenvalue weighted by atomic mass is 16.6. The highest BCUT2D eigenvalue weighted by molar-refractivity contribution is 5.85. The quantitative estimate of drug-likeness (QED) is 0.720. The lowest BCUT2D eigenvalue weighted by Crippen LogP contribution is -2.43. The van der Waals surface area contributed by atoms with Gasteiger partial charge in [-0.05, 0) is 54.3 Å². The van der Waals surface area contributed by atoms with E-state index in [1.54, 1.807) is 11.9 Å². The number of likely N-dealkylation sites (tertiary alicyclic amines) is 1. The molecule has 0 bridgehead atoms. The number of carbonyl (C=O) groups is 3. The Balaban J connectivity index is 2.35. The molecule has 0 spiro atoms. The third-order valence-corrected chi connectivity index (χ3v) is 4.06. The minimum absolute atomic E-state index is 0.0252. The second-order valence-corrected chi connectivity index (χ2v) is 8.13. The first-order chi connectivity index (χ1) is 12.0. The summed E-state index contributed by atoms with van der Waals surface area (Å²) in [4.78, 5) is 41.5. The smallest absolute Gasteiger partial charge is 0.407 e. The Morgan fingerprint density at radius 1 is 1.19 bits per heavy atom. The van der Waals surface area contributed by atoms with E-state index in [9.17, 15) is 14.4 Å². The van der Waals surface area contributed by atoms with E-state index in [4.69, 9.17) is 4.74 Å². The van der Waals surface area contributed by atoms with E-state index < -0.39 is 11.7 Å². The summed E-state index contributed by atoms with van der Waals surface area (Å²) < 4.78 is 5.24. The molecule has 0 aromatic rings. The molecule has 1 heterocycles. The van der Waals surface area contributed by atoms with Gasteiger partial charge in [0.15, 0.2) is 0 Å². The lowest BCUT2D eigenvalue weighted by atomic mass is 10.2. The van der Waals surface area contributed by atoms with Gasteiger partial charge in [-0.15, -0.1) is 0 Å². The largest absolute Gasteiger partial charge is 0.444 e. The third kappa shape index (κ3) is 8.51. The van der Waals surface area contributed by atoms with Crippen LogP contribution in [0.1, 0.15) is 40.0 Å². The zero-order valence-corrected chi connectivity index (χ0v) is 17.0. The summed E-state index contributed by atoms with van der Waals surface area (Å²) in [7, 11) is 5.59. The summed E-state index contributed by atoms with van der Waals surface area (Å²) in [6.07, 6.45) is 1.43. The fraction of sp³-hybridized carbons (Fsp3) is 0.833. The molecule has 1 fully saturated rings. The molecule has 1 aliphatic rings. The Kier molecular flexibility index (Phi) is 8.33. The Labute approximate surface area is 156 Å². The van der Waals surface area contributed by atoms with Gasteiger partial charge in [-0.1, -0.05) is 0 Å². The molecule has 1 atom stereocenters. The molecule has 0 aliphatic carbocycles. The van der Waals surface area contributed by atoms with Gasteiger partial charge in [0.2, 0.25) is 11.8 Å². The van der Waals surface area contributed by atoms with Gasteiger partial charge in [-0.2, -0.15) is 0 Å².